The molecule has 5 nitrogen and oxygen atoms in total. The molecule has 100 valence electrons. The number of aromatic nitrogens is 2. The third-order valence-corrected chi connectivity index (χ3v) is 3.06. The molecule has 2 heterocycles. The Morgan fingerprint density at radius 2 is 2.10 bits per heavy atom. The molecule has 0 radical (unpaired) electrons. The number of halogens is 1. The molecule has 0 unspecified atom stereocenters. The molecule has 1 amide bonds. The lowest BCUT2D eigenvalue weighted by molar-refractivity contribution is 0.102. The van der Waals surface area contributed by atoms with Crippen molar-refractivity contribution in [1.82, 2.24) is 9.97 Å². The third kappa shape index (κ3) is 2.44. The van der Waals surface area contributed by atoms with E-state index in [0.29, 0.717) is 22.4 Å². The summed E-state index contributed by atoms with van der Waals surface area (Å²) in [7, 11) is 0. The van der Waals surface area contributed by atoms with E-state index in [1.807, 2.05) is 6.07 Å². The van der Waals surface area contributed by atoms with Crippen molar-refractivity contribution >= 4 is 39.9 Å². The smallest absolute Gasteiger partial charge is 0.273 e. The van der Waals surface area contributed by atoms with Crippen molar-refractivity contribution in [3.8, 4) is 0 Å². The minimum Gasteiger partial charge on any atom is -0.399 e. The van der Waals surface area contributed by atoms with Crippen LogP contribution in [0.25, 0.3) is 10.9 Å². The predicted molar refractivity (Wildman–Crippen MR) is 79.9 cm³/mol. The van der Waals surface area contributed by atoms with Gasteiger partial charge >= 0.3 is 0 Å². The SMILES string of the molecule is Nc1ccc2[nH]c(C(=O)Nc3cccc(Cl)n3)cc2c1. The number of pyridine rings is 1. The van der Waals surface area contributed by atoms with Crippen LogP contribution in [0.15, 0.2) is 42.5 Å². The number of benzene rings is 1. The highest BCUT2D eigenvalue weighted by atomic mass is 35.5. The number of amides is 1. The fourth-order valence-corrected chi connectivity index (χ4v) is 2.10. The highest BCUT2D eigenvalue weighted by molar-refractivity contribution is 6.29. The molecule has 2 aromatic heterocycles. The van der Waals surface area contributed by atoms with E-state index in [1.54, 1.807) is 36.4 Å². The molecule has 0 aliphatic carbocycles. The van der Waals surface area contributed by atoms with Gasteiger partial charge in [0.2, 0.25) is 0 Å². The number of H-pyrrole nitrogens is 1. The van der Waals surface area contributed by atoms with Crippen molar-refractivity contribution in [1.29, 1.82) is 0 Å². The van der Waals surface area contributed by atoms with Crippen LogP contribution in [0.3, 0.4) is 0 Å². The van der Waals surface area contributed by atoms with Crippen molar-refractivity contribution in [2.75, 3.05) is 11.1 Å². The zero-order valence-electron chi connectivity index (χ0n) is 10.4. The lowest BCUT2D eigenvalue weighted by Crippen LogP contribution is -2.13. The molecule has 0 aliphatic rings. The minimum absolute atomic E-state index is 0.283. The van der Waals surface area contributed by atoms with Gasteiger partial charge in [-0.1, -0.05) is 17.7 Å². The van der Waals surface area contributed by atoms with Crippen LogP contribution < -0.4 is 11.1 Å². The van der Waals surface area contributed by atoms with Crippen molar-refractivity contribution in [2.45, 2.75) is 0 Å². The second kappa shape index (κ2) is 4.86. The monoisotopic (exact) mass is 286 g/mol. The van der Waals surface area contributed by atoms with Crippen LogP contribution in [0.2, 0.25) is 5.15 Å². The molecule has 3 rings (SSSR count). The average molecular weight is 287 g/mol. The zero-order chi connectivity index (χ0) is 14.1. The largest absolute Gasteiger partial charge is 0.399 e. The van der Waals surface area contributed by atoms with Gasteiger partial charge in [-0.25, -0.2) is 4.98 Å². The molecule has 0 bridgehead atoms. The van der Waals surface area contributed by atoms with Crippen molar-refractivity contribution < 1.29 is 4.79 Å². The molecule has 6 heteroatoms. The first kappa shape index (κ1) is 12.5. The molecule has 0 saturated carbocycles. The predicted octanol–water partition coefficient (Wildman–Crippen LogP) is 3.05. The molecule has 20 heavy (non-hydrogen) atoms. The summed E-state index contributed by atoms with van der Waals surface area (Å²) in [5.41, 5.74) is 7.65. The summed E-state index contributed by atoms with van der Waals surface area (Å²) in [5, 5.41) is 3.89. The number of hydrogen-bond acceptors (Lipinski definition) is 3. The summed E-state index contributed by atoms with van der Waals surface area (Å²) in [6.45, 7) is 0. The van der Waals surface area contributed by atoms with E-state index in [2.05, 4.69) is 15.3 Å². The number of nitrogens with two attached hydrogens (primary N) is 1. The van der Waals surface area contributed by atoms with E-state index in [-0.39, 0.29) is 5.91 Å². The number of carbonyl (C=O) groups excluding carboxylic acids is 1. The second-order valence-corrected chi connectivity index (χ2v) is 4.72. The zero-order valence-corrected chi connectivity index (χ0v) is 11.1. The van der Waals surface area contributed by atoms with Crippen LogP contribution >= 0.6 is 11.6 Å². The maximum absolute atomic E-state index is 12.1. The van der Waals surface area contributed by atoms with Crippen LogP contribution in [0.4, 0.5) is 11.5 Å². The number of nitrogen functional groups attached to an aromatic ring is 1. The summed E-state index contributed by atoms with van der Waals surface area (Å²) in [5.74, 6) is 0.121. The Hall–Kier alpha value is -2.53. The van der Waals surface area contributed by atoms with Crippen molar-refractivity contribution in [2.24, 2.45) is 0 Å². The van der Waals surface area contributed by atoms with Gasteiger partial charge in [-0.3, -0.25) is 4.79 Å². The fraction of sp³-hybridized carbons (Fsp3) is 0. The highest BCUT2D eigenvalue weighted by Crippen LogP contribution is 2.19. The van der Waals surface area contributed by atoms with Gasteiger partial charge in [0.1, 0.15) is 16.7 Å². The summed E-state index contributed by atoms with van der Waals surface area (Å²) < 4.78 is 0. The number of fused-ring (bicyclic) bond motifs is 1. The number of nitrogens with zero attached hydrogens (tertiary/aromatic N) is 1. The Bertz CT molecular complexity index is 797. The third-order valence-electron chi connectivity index (χ3n) is 2.85. The van der Waals surface area contributed by atoms with E-state index >= 15 is 0 Å². The fourth-order valence-electron chi connectivity index (χ4n) is 1.93. The first-order chi connectivity index (χ1) is 9.61. The van der Waals surface area contributed by atoms with Crippen molar-refractivity contribution in [3.63, 3.8) is 0 Å². The molecular weight excluding hydrogens is 276 g/mol. The van der Waals surface area contributed by atoms with E-state index in [1.165, 1.54) is 0 Å². The van der Waals surface area contributed by atoms with Crippen LogP contribution in [-0.4, -0.2) is 15.9 Å². The van der Waals surface area contributed by atoms with E-state index in [0.717, 1.165) is 10.9 Å². The van der Waals surface area contributed by atoms with E-state index < -0.39 is 0 Å². The summed E-state index contributed by atoms with van der Waals surface area (Å²) in [6, 6.07) is 12.2. The van der Waals surface area contributed by atoms with Gasteiger partial charge in [-0.2, -0.15) is 0 Å². The van der Waals surface area contributed by atoms with Gasteiger partial charge in [-0.05, 0) is 36.4 Å². The van der Waals surface area contributed by atoms with Gasteiger partial charge in [0.15, 0.2) is 0 Å². The number of hydrogen-bond donors (Lipinski definition) is 3. The van der Waals surface area contributed by atoms with Crippen molar-refractivity contribution in [3.05, 3.63) is 53.3 Å². The van der Waals surface area contributed by atoms with Crippen LogP contribution in [0.5, 0.6) is 0 Å². The molecule has 0 aliphatic heterocycles. The molecule has 1 aromatic carbocycles. The van der Waals surface area contributed by atoms with Crippen LogP contribution in [-0.2, 0) is 0 Å². The number of aromatic amines is 1. The Balaban J connectivity index is 1.88. The summed E-state index contributed by atoms with van der Waals surface area (Å²) >= 11 is 5.77. The summed E-state index contributed by atoms with van der Waals surface area (Å²) in [6.07, 6.45) is 0. The first-order valence-electron chi connectivity index (χ1n) is 5.94. The quantitative estimate of drug-likeness (QED) is 0.500. The van der Waals surface area contributed by atoms with Crippen LogP contribution in [0.1, 0.15) is 10.5 Å². The van der Waals surface area contributed by atoms with Gasteiger partial charge in [0.25, 0.3) is 5.91 Å². The second-order valence-electron chi connectivity index (χ2n) is 4.33. The average Bonchev–Trinajstić information content (AvgIpc) is 2.81. The highest BCUT2D eigenvalue weighted by Gasteiger charge is 2.10. The van der Waals surface area contributed by atoms with Gasteiger partial charge in [0.05, 0.1) is 0 Å². The van der Waals surface area contributed by atoms with Crippen LogP contribution in [0, 0.1) is 0 Å². The van der Waals surface area contributed by atoms with Gasteiger partial charge < -0.3 is 16.0 Å². The van der Waals surface area contributed by atoms with Gasteiger partial charge in [0, 0.05) is 16.6 Å². The number of anilines is 2. The molecule has 0 atom stereocenters. The number of rotatable bonds is 2. The lowest BCUT2D eigenvalue weighted by atomic mass is 10.2. The first-order valence-corrected chi connectivity index (χ1v) is 6.32. The van der Waals surface area contributed by atoms with E-state index in [9.17, 15) is 4.79 Å². The topological polar surface area (TPSA) is 83.8 Å². The normalized spacial score (nSPS) is 10.7. The maximum Gasteiger partial charge on any atom is 0.273 e. The Labute approximate surface area is 119 Å². The lowest BCUT2D eigenvalue weighted by Gasteiger charge is -2.02. The Morgan fingerprint density at radius 3 is 2.90 bits per heavy atom. The number of nitrogens with one attached hydrogen (secondary N) is 2. The standard InChI is InChI=1S/C14H11ClN4O/c15-12-2-1-3-13(18-12)19-14(20)11-7-8-6-9(16)4-5-10(8)17-11/h1-7,17H,16H2,(H,18,19,20). The van der Waals surface area contributed by atoms with E-state index in [4.69, 9.17) is 17.3 Å². The molecule has 3 aromatic rings. The molecule has 4 N–H and O–H groups in total. The summed E-state index contributed by atoms with van der Waals surface area (Å²) in [4.78, 5) is 19.2. The minimum atomic E-state index is -0.283. The van der Waals surface area contributed by atoms with Gasteiger partial charge in [-0.15, -0.1) is 0 Å². The Morgan fingerprint density at radius 1 is 1.25 bits per heavy atom. The Kier molecular flexibility index (Phi) is 3.04. The molecule has 0 fully saturated rings. The molecule has 0 saturated heterocycles. The molecule has 0 spiro atoms. The molecular formula is C14H11ClN4O. The number of carbonyl (C=O) groups is 1. The maximum atomic E-state index is 12.1.